The first-order valence-corrected chi connectivity index (χ1v) is 8.81. The van der Waals surface area contributed by atoms with E-state index in [0.29, 0.717) is 5.75 Å². The molecule has 0 radical (unpaired) electrons. The summed E-state index contributed by atoms with van der Waals surface area (Å²) in [7, 11) is -0.766. The van der Waals surface area contributed by atoms with Gasteiger partial charge in [-0.15, -0.1) is 0 Å². The van der Waals surface area contributed by atoms with Crippen LogP contribution < -0.4 is 5.32 Å². The Hall–Kier alpha value is -1.19. The third kappa shape index (κ3) is 3.68. The number of hydrogen-bond donors (Lipinski definition) is 1. The van der Waals surface area contributed by atoms with Crippen LogP contribution in [0.1, 0.15) is 31.9 Å². The predicted molar refractivity (Wildman–Crippen MR) is 88.5 cm³/mol. The van der Waals surface area contributed by atoms with E-state index < -0.39 is 10.8 Å². The molecular formula is C17H23NOS. The molecule has 0 heterocycles. The lowest BCUT2D eigenvalue weighted by molar-refractivity contribution is 0.573. The highest BCUT2D eigenvalue weighted by Gasteiger charge is 2.15. The Balaban J connectivity index is 2.36. The average molecular weight is 289 g/mol. The molecule has 20 heavy (non-hydrogen) atoms. The minimum atomic E-state index is -0.766. The Morgan fingerprint density at radius 3 is 2.60 bits per heavy atom. The van der Waals surface area contributed by atoms with Crippen molar-refractivity contribution in [3.8, 4) is 0 Å². The predicted octanol–water partition coefficient (Wildman–Crippen LogP) is 3.65. The maximum atomic E-state index is 12.0. The second-order valence-corrected chi connectivity index (χ2v) is 6.76. The van der Waals surface area contributed by atoms with Crippen molar-refractivity contribution in [2.45, 2.75) is 26.3 Å². The summed E-state index contributed by atoms with van der Waals surface area (Å²) in [5, 5.41) is 6.06. The van der Waals surface area contributed by atoms with E-state index in [1.54, 1.807) is 0 Å². The van der Waals surface area contributed by atoms with Crippen LogP contribution >= 0.6 is 0 Å². The van der Waals surface area contributed by atoms with Crippen molar-refractivity contribution >= 4 is 21.6 Å². The maximum Gasteiger partial charge on any atom is 0.0443 e. The van der Waals surface area contributed by atoms with Gasteiger partial charge in [0.15, 0.2) is 0 Å². The lowest BCUT2D eigenvalue weighted by atomic mass is 9.99. The van der Waals surface area contributed by atoms with Crippen LogP contribution in [0.3, 0.4) is 0 Å². The lowest BCUT2D eigenvalue weighted by Crippen LogP contribution is -2.27. The highest BCUT2D eigenvalue weighted by Crippen LogP contribution is 2.25. The van der Waals surface area contributed by atoms with E-state index >= 15 is 0 Å². The molecule has 2 rings (SSSR count). The van der Waals surface area contributed by atoms with Gasteiger partial charge < -0.3 is 5.32 Å². The van der Waals surface area contributed by atoms with Crippen LogP contribution in [0.15, 0.2) is 42.5 Å². The quantitative estimate of drug-likeness (QED) is 0.843. The van der Waals surface area contributed by atoms with Crippen LogP contribution in [0, 0.1) is 0 Å². The van der Waals surface area contributed by atoms with Gasteiger partial charge in [0.25, 0.3) is 0 Å². The van der Waals surface area contributed by atoms with Gasteiger partial charge in [-0.2, -0.15) is 0 Å². The Morgan fingerprint density at radius 2 is 1.85 bits per heavy atom. The van der Waals surface area contributed by atoms with E-state index in [0.717, 1.165) is 18.7 Å². The monoisotopic (exact) mass is 289 g/mol. The molecule has 2 nitrogen and oxygen atoms in total. The summed E-state index contributed by atoms with van der Waals surface area (Å²) >= 11 is 0. The van der Waals surface area contributed by atoms with E-state index in [2.05, 4.69) is 54.7 Å². The molecule has 2 atom stereocenters. The Bertz CT molecular complexity index is 577. The van der Waals surface area contributed by atoms with Crippen LogP contribution in [0.5, 0.6) is 0 Å². The summed E-state index contributed by atoms with van der Waals surface area (Å²) in [5.74, 6) is 1.40. The minimum Gasteiger partial charge on any atom is -0.309 e. The molecule has 0 aliphatic rings. The third-order valence-electron chi connectivity index (χ3n) is 3.51. The smallest absolute Gasteiger partial charge is 0.0443 e. The number of rotatable bonds is 7. The first-order chi connectivity index (χ1) is 9.76. The van der Waals surface area contributed by atoms with Crippen molar-refractivity contribution in [2.24, 2.45) is 0 Å². The Kier molecular flexibility index (Phi) is 5.74. The SMILES string of the molecule is CCCNC(CS(=O)CC)c1cccc2ccccc12. The van der Waals surface area contributed by atoms with E-state index in [4.69, 9.17) is 0 Å². The van der Waals surface area contributed by atoms with Crippen LogP contribution in [0.2, 0.25) is 0 Å². The van der Waals surface area contributed by atoms with Gasteiger partial charge in [0, 0.05) is 28.3 Å². The first-order valence-electron chi connectivity index (χ1n) is 7.32. The average Bonchev–Trinajstić information content (AvgIpc) is 2.50. The van der Waals surface area contributed by atoms with E-state index in [9.17, 15) is 4.21 Å². The van der Waals surface area contributed by atoms with E-state index in [-0.39, 0.29) is 6.04 Å². The van der Waals surface area contributed by atoms with Gasteiger partial charge in [0.05, 0.1) is 0 Å². The van der Waals surface area contributed by atoms with Crippen LogP contribution in [-0.2, 0) is 10.8 Å². The van der Waals surface area contributed by atoms with Crippen molar-refractivity contribution < 1.29 is 4.21 Å². The molecule has 108 valence electrons. The summed E-state index contributed by atoms with van der Waals surface area (Å²) in [6.07, 6.45) is 1.08. The number of hydrogen-bond acceptors (Lipinski definition) is 2. The second-order valence-electron chi connectivity index (χ2n) is 4.97. The minimum absolute atomic E-state index is 0.168. The standard InChI is InChI=1S/C17H23NOS/c1-3-12-18-17(13-20(19)4-2)16-11-7-9-14-8-5-6-10-15(14)16/h5-11,17-18H,3-4,12-13H2,1-2H3. The zero-order valence-electron chi connectivity index (χ0n) is 12.3. The van der Waals surface area contributed by atoms with Gasteiger partial charge in [-0.3, -0.25) is 4.21 Å². The molecule has 2 unspecified atom stereocenters. The molecule has 0 aliphatic heterocycles. The maximum absolute atomic E-state index is 12.0. The van der Waals surface area contributed by atoms with Crippen molar-refractivity contribution in [1.82, 2.24) is 5.32 Å². The van der Waals surface area contributed by atoms with Crippen molar-refractivity contribution in [3.63, 3.8) is 0 Å². The Labute approximate surface area is 124 Å². The van der Waals surface area contributed by atoms with Gasteiger partial charge in [-0.25, -0.2) is 0 Å². The molecular weight excluding hydrogens is 266 g/mol. The molecule has 0 saturated carbocycles. The topological polar surface area (TPSA) is 29.1 Å². The Morgan fingerprint density at radius 1 is 1.10 bits per heavy atom. The van der Waals surface area contributed by atoms with Crippen LogP contribution in [0.4, 0.5) is 0 Å². The van der Waals surface area contributed by atoms with Crippen molar-refractivity contribution in [1.29, 1.82) is 0 Å². The highest BCUT2D eigenvalue weighted by molar-refractivity contribution is 7.84. The first kappa shape index (κ1) is 15.2. The molecule has 0 saturated heterocycles. The summed E-state index contributed by atoms with van der Waals surface area (Å²) in [4.78, 5) is 0. The van der Waals surface area contributed by atoms with Crippen LogP contribution in [-0.4, -0.2) is 22.3 Å². The van der Waals surface area contributed by atoms with E-state index in [1.165, 1.54) is 16.3 Å². The summed E-state index contributed by atoms with van der Waals surface area (Å²) in [5.41, 5.74) is 1.26. The molecule has 0 aromatic heterocycles. The number of nitrogens with one attached hydrogen (secondary N) is 1. The second kappa shape index (κ2) is 7.55. The zero-order chi connectivity index (χ0) is 14.4. The van der Waals surface area contributed by atoms with Crippen molar-refractivity contribution in [3.05, 3.63) is 48.0 Å². The molecule has 0 bridgehead atoms. The molecule has 1 N–H and O–H groups in total. The molecule has 0 aliphatic carbocycles. The van der Waals surface area contributed by atoms with Gasteiger partial charge >= 0.3 is 0 Å². The molecule has 2 aromatic rings. The summed E-state index contributed by atoms with van der Waals surface area (Å²) < 4.78 is 12.0. The van der Waals surface area contributed by atoms with Crippen LogP contribution in [0.25, 0.3) is 10.8 Å². The fraction of sp³-hybridized carbons (Fsp3) is 0.412. The van der Waals surface area contributed by atoms with Gasteiger partial charge in [-0.1, -0.05) is 56.3 Å². The molecule has 0 spiro atoms. The van der Waals surface area contributed by atoms with Gasteiger partial charge in [-0.05, 0) is 29.3 Å². The number of benzene rings is 2. The zero-order valence-corrected chi connectivity index (χ0v) is 13.1. The number of fused-ring (bicyclic) bond motifs is 1. The summed E-state index contributed by atoms with van der Waals surface area (Å²) in [6.45, 7) is 5.09. The van der Waals surface area contributed by atoms with Gasteiger partial charge in [0.1, 0.15) is 0 Å². The summed E-state index contributed by atoms with van der Waals surface area (Å²) in [6, 6.07) is 15.0. The van der Waals surface area contributed by atoms with E-state index in [1.807, 2.05) is 6.92 Å². The molecule has 2 aromatic carbocycles. The lowest BCUT2D eigenvalue weighted by Gasteiger charge is -2.20. The fourth-order valence-corrected chi connectivity index (χ4v) is 3.34. The largest absolute Gasteiger partial charge is 0.309 e. The highest BCUT2D eigenvalue weighted by atomic mass is 32.2. The molecule has 0 amide bonds. The molecule has 0 fully saturated rings. The third-order valence-corrected chi connectivity index (χ3v) is 4.86. The normalized spacial score (nSPS) is 14.3. The van der Waals surface area contributed by atoms with Gasteiger partial charge in [0.2, 0.25) is 0 Å². The molecule has 3 heteroatoms. The fourth-order valence-electron chi connectivity index (χ4n) is 2.44. The van der Waals surface area contributed by atoms with Crippen molar-refractivity contribution in [2.75, 3.05) is 18.1 Å².